The van der Waals surface area contributed by atoms with Crippen molar-refractivity contribution in [3.8, 4) is 0 Å². The number of aryl methyl sites for hydroxylation is 1. The molecule has 0 amide bonds. The fourth-order valence-corrected chi connectivity index (χ4v) is 1.54. The van der Waals surface area contributed by atoms with Crippen molar-refractivity contribution < 1.29 is 17.9 Å². The van der Waals surface area contributed by atoms with Gasteiger partial charge >= 0.3 is 6.18 Å². The second-order valence-electron chi connectivity index (χ2n) is 4.18. The number of alkyl halides is 3. The lowest BCUT2D eigenvalue weighted by atomic mass is 10.3. The fraction of sp³-hybridized carbons (Fsp3) is 0.583. The molecule has 2 N–H and O–H groups in total. The van der Waals surface area contributed by atoms with Crippen LogP contribution in [0.15, 0.2) is 23.1 Å². The molecule has 0 fully saturated rings. The minimum Gasteiger partial charge on any atom is -0.398 e. The van der Waals surface area contributed by atoms with E-state index in [0.29, 0.717) is 25.3 Å². The quantitative estimate of drug-likeness (QED) is 0.778. The van der Waals surface area contributed by atoms with Crippen LogP contribution in [0.5, 0.6) is 0 Å². The van der Waals surface area contributed by atoms with Gasteiger partial charge in [-0.15, -0.1) is 0 Å². The summed E-state index contributed by atoms with van der Waals surface area (Å²) in [4.78, 5) is 11.4. The van der Waals surface area contributed by atoms with E-state index in [1.165, 1.54) is 22.9 Å². The number of ether oxygens (including phenoxy) is 1. The molecule has 1 aromatic rings. The molecule has 1 rings (SSSR count). The molecule has 0 saturated heterocycles. The highest BCUT2D eigenvalue weighted by molar-refractivity contribution is 5.33. The largest absolute Gasteiger partial charge is 0.398 e. The maximum atomic E-state index is 11.8. The first kappa shape index (κ1) is 15.6. The standard InChI is InChI=1S/C12H17F3N2O2/c13-12(14,15)5-1-7-19-8-2-6-17-9-10(16)3-4-11(17)18/h3-4,9H,1-2,5-8,16H2. The number of halogens is 3. The van der Waals surface area contributed by atoms with Gasteiger partial charge in [0.1, 0.15) is 0 Å². The molecule has 0 atom stereocenters. The molecular formula is C12H17F3N2O2. The molecule has 0 saturated carbocycles. The number of nitrogens with zero attached hydrogens (tertiary/aromatic N) is 1. The molecule has 0 radical (unpaired) electrons. The van der Waals surface area contributed by atoms with E-state index in [2.05, 4.69) is 0 Å². The number of pyridine rings is 1. The number of aromatic nitrogens is 1. The van der Waals surface area contributed by atoms with Gasteiger partial charge in [0.15, 0.2) is 0 Å². The first-order valence-electron chi connectivity index (χ1n) is 5.99. The van der Waals surface area contributed by atoms with Crippen molar-refractivity contribution in [2.24, 2.45) is 0 Å². The first-order valence-corrected chi connectivity index (χ1v) is 5.99. The van der Waals surface area contributed by atoms with E-state index in [1.807, 2.05) is 0 Å². The summed E-state index contributed by atoms with van der Waals surface area (Å²) >= 11 is 0. The van der Waals surface area contributed by atoms with Crippen molar-refractivity contribution >= 4 is 5.69 Å². The molecule has 108 valence electrons. The van der Waals surface area contributed by atoms with E-state index >= 15 is 0 Å². The molecule has 0 aromatic carbocycles. The molecule has 0 aliphatic rings. The number of rotatable bonds is 7. The van der Waals surface area contributed by atoms with E-state index in [4.69, 9.17) is 10.5 Å². The highest BCUT2D eigenvalue weighted by Gasteiger charge is 2.25. The SMILES string of the molecule is Nc1ccc(=O)n(CCCOCCCC(F)(F)F)c1. The number of nitrogen functional groups attached to an aromatic ring is 1. The monoisotopic (exact) mass is 278 g/mol. The van der Waals surface area contributed by atoms with Gasteiger partial charge in [-0.05, 0) is 18.9 Å². The molecule has 4 nitrogen and oxygen atoms in total. The molecule has 1 aromatic heterocycles. The molecule has 0 aliphatic heterocycles. The van der Waals surface area contributed by atoms with Gasteiger partial charge in [-0.1, -0.05) is 0 Å². The minimum atomic E-state index is -4.13. The van der Waals surface area contributed by atoms with Gasteiger partial charge in [-0.25, -0.2) is 0 Å². The predicted octanol–water partition coefficient (Wildman–Crippen LogP) is 2.18. The van der Waals surface area contributed by atoms with Crippen LogP contribution in [0.1, 0.15) is 19.3 Å². The van der Waals surface area contributed by atoms with E-state index in [9.17, 15) is 18.0 Å². The minimum absolute atomic E-state index is 0.0399. The Hall–Kier alpha value is -1.50. The Kier molecular flexibility index (Phi) is 5.88. The predicted molar refractivity (Wildman–Crippen MR) is 65.8 cm³/mol. The Morgan fingerprint density at radius 3 is 2.58 bits per heavy atom. The normalized spacial score (nSPS) is 11.7. The maximum Gasteiger partial charge on any atom is 0.389 e. The summed E-state index contributed by atoms with van der Waals surface area (Å²) in [6, 6.07) is 2.89. The number of hydrogen-bond donors (Lipinski definition) is 1. The molecule has 0 aliphatic carbocycles. The highest BCUT2D eigenvalue weighted by atomic mass is 19.4. The van der Waals surface area contributed by atoms with E-state index < -0.39 is 12.6 Å². The Balaban J connectivity index is 2.14. The number of hydrogen-bond acceptors (Lipinski definition) is 3. The van der Waals surface area contributed by atoms with Gasteiger partial charge < -0.3 is 15.0 Å². The Morgan fingerprint density at radius 2 is 1.89 bits per heavy atom. The van der Waals surface area contributed by atoms with Crippen molar-refractivity contribution in [2.45, 2.75) is 32.0 Å². The van der Waals surface area contributed by atoms with E-state index in [-0.39, 0.29) is 18.6 Å². The zero-order valence-corrected chi connectivity index (χ0v) is 10.4. The summed E-state index contributed by atoms with van der Waals surface area (Å²) in [5.74, 6) is 0. The summed E-state index contributed by atoms with van der Waals surface area (Å²) in [5, 5.41) is 0. The second-order valence-corrected chi connectivity index (χ2v) is 4.18. The summed E-state index contributed by atoms with van der Waals surface area (Å²) in [6.07, 6.45) is -2.91. The van der Waals surface area contributed by atoms with Crippen molar-refractivity contribution in [3.63, 3.8) is 0 Å². The van der Waals surface area contributed by atoms with E-state index in [0.717, 1.165) is 0 Å². The summed E-state index contributed by atoms with van der Waals surface area (Å²) in [7, 11) is 0. The average Bonchev–Trinajstić information content (AvgIpc) is 2.31. The Morgan fingerprint density at radius 1 is 1.21 bits per heavy atom. The third-order valence-corrected chi connectivity index (χ3v) is 2.44. The van der Waals surface area contributed by atoms with Gasteiger partial charge in [0, 0.05) is 44.1 Å². The van der Waals surface area contributed by atoms with Crippen LogP contribution in [-0.2, 0) is 11.3 Å². The smallest absolute Gasteiger partial charge is 0.389 e. The molecule has 7 heteroatoms. The lowest BCUT2D eigenvalue weighted by Crippen LogP contribution is -2.19. The van der Waals surface area contributed by atoms with Crippen LogP contribution in [0.25, 0.3) is 0 Å². The third kappa shape index (κ3) is 6.85. The lowest BCUT2D eigenvalue weighted by Gasteiger charge is -2.08. The molecule has 0 bridgehead atoms. The molecule has 19 heavy (non-hydrogen) atoms. The van der Waals surface area contributed by atoms with Crippen LogP contribution in [0.3, 0.4) is 0 Å². The van der Waals surface area contributed by atoms with Gasteiger partial charge in [0.2, 0.25) is 0 Å². The lowest BCUT2D eigenvalue weighted by molar-refractivity contribution is -0.137. The second kappa shape index (κ2) is 7.18. The number of nitrogens with two attached hydrogens (primary N) is 1. The van der Waals surface area contributed by atoms with Crippen molar-refractivity contribution in [3.05, 3.63) is 28.7 Å². The highest BCUT2D eigenvalue weighted by Crippen LogP contribution is 2.20. The van der Waals surface area contributed by atoms with Crippen molar-refractivity contribution in [2.75, 3.05) is 18.9 Å². The molecule has 0 spiro atoms. The van der Waals surface area contributed by atoms with Crippen LogP contribution in [0.4, 0.5) is 18.9 Å². The summed E-state index contributed by atoms with van der Waals surface area (Å²) in [6.45, 7) is 0.827. The van der Waals surface area contributed by atoms with Gasteiger partial charge in [-0.2, -0.15) is 13.2 Å². The van der Waals surface area contributed by atoms with Crippen LogP contribution in [0, 0.1) is 0 Å². The zero-order valence-electron chi connectivity index (χ0n) is 10.4. The Labute approximate surface area is 109 Å². The number of anilines is 1. The average molecular weight is 278 g/mol. The molecule has 0 unspecified atom stereocenters. The molecule has 1 heterocycles. The fourth-order valence-electron chi connectivity index (χ4n) is 1.54. The zero-order chi connectivity index (χ0) is 14.3. The van der Waals surface area contributed by atoms with Crippen molar-refractivity contribution in [1.82, 2.24) is 4.57 Å². The molecular weight excluding hydrogens is 261 g/mol. The van der Waals surface area contributed by atoms with Gasteiger partial charge in [-0.3, -0.25) is 4.79 Å². The van der Waals surface area contributed by atoms with Crippen LogP contribution in [0.2, 0.25) is 0 Å². The van der Waals surface area contributed by atoms with Gasteiger partial charge in [0.25, 0.3) is 5.56 Å². The topological polar surface area (TPSA) is 57.2 Å². The van der Waals surface area contributed by atoms with Crippen LogP contribution < -0.4 is 11.3 Å². The first-order chi connectivity index (χ1) is 8.88. The van der Waals surface area contributed by atoms with Crippen LogP contribution in [-0.4, -0.2) is 24.0 Å². The summed E-state index contributed by atoms with van der Waals surface area (Å²) in [5.41, 5.74) is 5.87. The summed E-state index contributed by atoms with van der Waals surface area (Å²) < 4.78 is 42.0. The van der Waals surface area contributed by atoms with E-state index in [1.54, 1.807) is 0 Å². The van der Waals surface area contributed by atoms with Crippen LogP contribution >= 0.6 is 0 Å². The third-order valence-electron chi connectivity index (χ3n) is 2.44. The van der Waals surface area contributed by atoms with Crippen molar-refractivity contribution in [1.29, 1.82) is 0 Å². The Bertz CT molecular complexity index is 443. The van der Waals surface area contributed by atoms with Gasteiger partial charge in [0.05, 0.1) is 0 Å². The maximum absolute atomic E-state index is 11.8.